The minimum Gasteiger partial charge on any atom is -0.492 e. The van der Waals surface area contributed by atoms with Gasteiger partial charge in [-0.2, -0.15) is 0 Å². The summed E-state index contributed by atoms with van der Waals surface area (Å²) in [5.74, 6) is 4.24. The average molecular weight is 390 g/mol. The molecule has 0 bridgehead atoms. The van der Waals surface area contributed by atoms with Gasteiger partial charge in [-0.1, -0.05) is 12.1 Å². The van der Waals surface area contributed by atoms with Gasteiger partial charge in [0.05, 0.1) is 16.4 Å². The van der Waals surface area contributed by atoms with Crippen molar-refractivity contribution in [2.24, 2.45) is 0 Å². The molecule has 138 valence electrons. The molecule has 0 atom stereocenters. The van der Waals surface area contributed by atoms with E-state index in [9.17, 15) is 4.79 Å². The van der Waals surface area contributed by atoms with Crippen LogP contribution in [0, 0.1) is 6.92 Å². The second-order valence-electron chi connectivity index (χ2n) is 6.54. The monoisotopic (exact) mass is 389 g/mol. The minimum atomic E-state index is -0.202. The number of thioether (sulfide) groups is 2. The number of amides is 1. The topological polar surface area (TPSA) is 51.5 Å². The van der Waals surface area contributed by atoms with Gasteiger partial charge in [-0.15, -0.1) is 23.5 Å². The molecule has 6 heteroatoms. The van der Waals surface area contributed by atoms with E-state index in [1.807, 2.05) is 61.6 Å². The first kappa shape index (κ1) is 17.9. The lowest BCUT2D eigenvalue weighted by molar-refractivity contribution is 0.0993. The molecule has 1 N–H and O–H groups in total. The van der Waals surface area contributed by atoms with Crippen LogP contribution in [0.1, 0.15) is 47.2 Å². The number of furan rings is 1. The smallest absolute Gasteiger partial charge is 0.291 e. The van der Waals surface area contributed by atoms with Crippen LogP contribution < -0.4 is 10.1 Å². The van der Waals surface area contributed by atoms with Crippen LogP contribution in [0.2, 0.25) is 0 Å². The highest BCUT2D eigenvalue weighted by Crippen LogP contribution is 2.59. The molecule has 4 nitrogen and oxygen atoms in total. The summed E-state index contributed by atoms with van der Waals surface area (Å²) in [6.07, 6.45) is 3.19. The molecule has 26 heavy (non-hydrogen) atoms. The SMILES string of the molecule is CCOc1ccccc1NC(=O)c1oc2c(c1C)C1(CCC2)SCCS1. The third-order valence-electron chi connectivity index (χ3n) is 4.91. The fourth-order valence-corrected chi connectivity index (χ4v) is 7.40. The van der Waals surface area contributed by atoms with Crippen molar-refractivity contribution in [1.82, 2.24) is 0 Å². The van der Waals surface area contributed by atoms with Gasteiger partial charge in [0.25, 0.3) is 5.91 Å². The van der Waals surface area contributed by atoms with Crippen LogP contribution in [0.15, 0.2) is 28.7 Å². The van der Waals surface area contributed by atoms with E-state index in [0.29, 0.717) is 23.8 Å². The predicted octanol–water partition coefficient (Wildman–Crippen LogP) is 5.21. The number of anilines is 1. The van der Waals surface area contributed by atoms with E-state index in [1.165, 1.54) is 5.56 Å². The number of para-hydroxylation sites is 2. The van der Waals surface area contributed by atoms with Crippen molar-refractivity contribution in [2.75, 3.05) is 23.4 Å². The van der Waals surface area contributed by atoms with Gasteiger partial charge in [0, 0.05) is 29.1 Å². The number of hydrogen-bond acceptors (Lipinski definition) is 5. The molecule has 0 saturated carbocycles. The van der Waals surface area contributed by atoms with Crippen molar-refractivity contribution in [3.05, 3.63) is 46.9 Å². The fraction of sp³-hybridized carbons (Fsp3) is 0.450. The summed E-state index contributed by atoms with van der Waals surface area (Å²) in [5, 5.41) is 2.97. The van der Waals surface area contributed by atoms with Crippen LogP contribution in [0.3, 0.4) is 0 Å². The summed E-state index contributed by atoms with van der Waals surface area (Å²) in [6, 6.07) is 7.50. The Kier molecular flexibility index (Phi) is 4.97. The third-order valence-corrected chi connectivity index (χ3v) is 8.44. The zero-order valence-corrected chi connectivity index (χ0v) is 16.7. The molecule has 0 radical (unpaired) electrons. The van der Waals surface area contributed by atoms with Crippen LogP contribution in [-0.2, 0) is 10.5 Å². The van der Waals surface area contributed by atoms with E-state index >= 15 is 0 Å². The van der Waals surface area contributed by atoms with E-state index in [1.54, 1.807) is 0 Å². The number of benzene rings is 1. The van der Waals surface area contributed by atoms with Gasteiger partial charge in [-0.25, -0.2) is 0 Å². The second kappa shape index (κ2) is 7.24. The van der Waals surface area contributed by atoms with Gasteiger partial charge in [0.2, 0.25) is 0 Å². The Morgan fingerprint density at radius 1 is 1.31 bits per heavy atom. The number of rotatable bonds is 4. The molecule has 1 aliphatic heterocycles. The van der Waals surface area contributed by atoms with Crippen molar-refractivity contribution in [2.45, 2.75) is 37.2 Å². The van der Waals surface area contributed by atoms with Crippen LogP contribution in [0.4, 0.5) is 5.69 Å². The molecule has 1 aromatic carbocycles. The van der Waals surface area contributed by atoms with Crippen molar-refractivity contribution in [3.63, 3.8) is 0 Å². The number of aryl methyl sites for hydroxylation is 1. The first-order valence-corrected chi connectivity index (χ1v) is 11.1. The maximum absolute atomic E-state index is 12.9. The van der Waals surface area contributed by atoms with Gasteiger partial charge in [0.1, 0.15) is 11.5 Å². The van der Waals surface area contributed by atoms with E-state index in [-0.39, 0.29) is 9.99 Å². The van der Waals surface area contributed by atoms with Gasteiger partial charge in [-0.3, -0.25) is 4.79 Å². The molecule has 2 aliphatic rings. The molecule has 1 aliphatic carbocycles. The van der Waals surface area contributed by atoms with Gasteiger partial charge >= 0.3 is 0 Å². The molecule has 1 saturated heterocycles. The quantitative estimate of drug-likeness (QED) is 0.778. The molecule has 2 aromatic rings. The molecule has 2 heterocycles. The summed E-state index contributed by atoms with van der Waals surface area (Å²) in [4.78, 5) is 12.9. The van der Waals surface area contributed by atoms with E-state index in [2.05, 4.69) is 5.32 Å². The normalized spacial score (nSPS) is 17.9. The highest BCUT2D eigenvalue weighted by molar-refractivity contribution is 8.20. The van der Waals surface area contributed by atoms with Gasteiger partial charge in [-0.05, 0) is 38.8 Å². The number of fused-ring (bicyclic) bond motifs is 2. The highest BCUT2D eigenvalue weighted by Gasteiger charge is 2.45. The van der Waals surface area contributed by atoms with Crippen molar-refractivity contribution in [1.29, 1.82) is 0 Å². The number of ether oxygens (including phenoxy) is 1. The summed E-state index contributed by atoms with van der Waals surface area (Å²) < 4.78 is 11.8. The van der Waals surface area contributed by atoms with E-state index in [0.717, 1.165) is 42.1 Å². The first-order chi connectivity index (χ1) is 12.6. The lowest BCUT2D eigenvalue weighted by atomic mass is 9.94. The Morgan fingerprint density at radius 3 is 2.85 bits per heavy atom. The highest BCUT2D eigenvalue weighted by atomic mass is 32.2. The molecular formula is C20H23NO3S2. The predicted molar refractivity (Wildman–Crippen MR) is 109 cm³/mol. The van der Waals surface area contributed by atoms with Crippen molar-refractivity contribution in [3.8, 4) is 5.75 Å². The second-order valence-corrected chi connectivity index (χ2v) is 9.59. The Balaban J connectivity index is 1.65. The Morgan fingerprint density at radius 2 is 2.08 bits per heavy atom. The standard InChI is InChI=1S/C20H23NO3S2/c1-3-23-15-8-5-4-7-14(15)21-19(22)18-13(2)17-16(24-18)9-6-10-20(17)25-11-12-26-20/h4-5,7-8H,3,6,9-12H2,1-2H3,(H,21,22). The summed E-state index contributed by atoms with van der Waals surface area (Å²) in [5.41, 5.74) is 2.93. The Labute approximate surface area is 162 Å². The fourth-order valence-electron chi connectivity index (χ4n) is 3.84. The molecule has 1 spiro atoms. The van der Waals surface area contributed by atoms with Crippen molar-refractivity contribution >= 4 is 35.1 Å². The molecule has 1 amide bonds. The number of carbonyl (C=O) groups is 1. The number of nitrogens with one attached hydrogen (secondary N) is 1. The van der Waals surface area contributed by atoms with Crippen molar-refractivity contribution < 1.29 is 13.9 Å². The molecule has 0 unspecified atom stereocenters. The molecule has 1 aromatic heterocycles. The zero-order valence-electron chi connectivity index (χ0n) is 15.1. The van der Waals surface area contributed by atoms with Crippen LogP contribution in [0.5, 0.6) is 5.75 Å². The Hall–Kier alpha value is -1.53. The number of carbonyl (C=O) groups excluding carboxylic acids is 1. The summed E-state index contributed by atoms with van der Waals surface area (Å²) >= 11 is 4.02. The molecular weight excluding hydrogens is 366 g/mol. The Bertz CT molecular complexity index is 824. The van der Waals surface area contributed by atoms with Gasteiger partial charge in [0.15, 0.2) is 5.76 Å². The maximum atomic E-state index is 12.9. The minimum absolute atomic E-state index is 0.0862. The lowest BCUT2D eigenvalue weighted by Crippen LogP contribution is -2.21. The van der Waals surface area contributed by atoms with Gasteiger partial charge < -0.3 is 14.5 Å². The zero-order chi connectivity index (χ0) is 18.1. The average Bonchev–Trinajstić information content (AvgIpc) is 3.23. The molecule has 1 fully saturated rings. The molecule has 4 rings (SSSR count). The number of hydrogen-bond donors (Lipinski definition) is 1. The summed E-state index contributed by atoms with van der Waals surface area (Å²) in [7, 11) is 0. The van der Waals surface area contributed by atoms with E-state index < -0.39 is 0 Å². The first-order valence-electron chi connectivity index (χ1n) is 9.08. The maximum Gasteiger partial charge on any atom is 0.291 e. The third kappa shape index (κ3) is 3.03. The van der Waals surface area contributed by atoms with E-state index in [4.69, 9.17) is 9.15 Å². The van der Waals surface area contributed by atoms with Crippen LogP contribution in [-0.4, -0.2) is 24.0 Å². The summed E-state index contributed by atoms with van der Waals surface area (Å²) in [6.45, 7) is 4.51. The largest absolute Gasteiger partial charge is 0.492 e. The van der Waals surface area contributed by atoms with Crippen LogP contribution >= 0.6 is 23.5 Å². The lowest BCUT2D eigenvalue weighted by Gasteiger charge is -2.31. The van der Waals surface area contributed by atoms with Crippen LogP contribution in [0.25, 0.3) is 0 Å².